The second-order valence-electron chi connectivity index (χ2n) is 17.5. The van der Waals surface area contributed by atoms with Crippen LogP contribution in [0.15, 0.2) is 54.6 Å². The normalized spacial score (nSPS) is 16.9. The number of aliphatic carboxylic acids is 2. The van der Waals surface area contributed by atoms with Gasteiger partial charge >= 0.3 is 11.9 Å². The number of aryl methyl sites for hydroxylation is 2. The molecule has 0 amide bonds. The number of hydrogen-bond acceptors (Lipinski definition) is 8. The fourth-order valence-electron chi connectivity index (χ4n) is 8.88. The Balaban J connectivity index is 1.90. The lowest BCUT2D eigenvalue weighted by Gasteiger charge is -2.39. The molecule has 1 aliphatic heterocycles. The molecule has 0 bridgehead atoms. The number of rotatable bonds is 31. The zero-order chi connectivity index (χ0) is 43.9. The number of carboxylic acid groups (broad SMARTS) is 2. The summed E-state index contributed by atoms with van der Waals surface area (Å²) in [5.41, 5.74) is 3.84. The zero-order valence-electron chi connectivity index (χ0n) is 38.5. The molecule has 1 saturated heterocycles. The monoisotopic (exact) mass is 849 g/mol. The number of hydrogen-bond donors (Lipinski definition) is 2. The molecule has 1 heterocycles. The van der Waals surface area contributed by atoms with Gasteiger partial charge in [0.25, 0.3) is 6.47 Å². The molecule has 0 spiro atoms. The molecule has 3 unspecified atom stereocenters. The molecule has 10 heteroatoms. The summed E-state index contributed by atoms with van der Waals surface area (Å²) in [6, 6.07) is 18.2. The summed E-state index contributed by atoms with van der Waals surface area (Å²) in [6.45, 7) is 12.4. The highest BCUT2D eigenvalue weighted by Crippen LogP contribution is 2.20. The van der Waals surface area contributed by atoms with E-state index in [1.165, 1.54) is 55.2 Å². The number of ether oxygens (including phenoxy) is 1. The molecular weight excluding hydrogens is 765 g/mol. The Kier molecular flexibility index (Phi) is 27.6. The van der Waals surface area contributed by atoms with Crippen LogP contribution < -0.4 is 0 Å². The first-order valence-electron chi connectivity index (χ1n) is 24.4. The predicted molar refractivity (Wildman–Crippen MR) is 249 cm³/mol. The molecule has 2 aromatic rings. The smallest absolute Gasteiger partial charge is 0.320 e. The largest absolute Gasteiger partial charge is 0.480 e. The van der Waals surface area contributed by atoms with E-state index >= 15 is 0 Å². The average Bonchev–Trinajstić information content (AvgIpc) is 3.26. The lowest BCUT2D eigenvalue weighted by molar-refractivity contribution is -0.148. The number of carbonyl (C=O) groups is 3. The van der Waals surface area contributed by atoms with Gasteiger partial charge in [0.1, 0.15) is 12.1 Å². The van der Waals surface area contributed by atoms with Crippen LogP contribution in [-0.4, -0.2) is 119 Å². The van der Waals surface area contributed by atoms with Crippen LogP contribution in [0.25, 0.3) is 0 Å². The molecule has 0 aromatic heterocycles. The molecule has 1 aliphatic rings. The Morgan fingerprint density at radius 1 is 0.525 bits per heavy atom. The van der Waals surface area contributed by atoms with Crippen molar-refractivity contribution in [3.8, 4) is 0 Å². The lowest BCUT2D eigenvalue weighted by atomic mass is 10.0. The van der Waals surface area contributed by atoms with E-state index in [2.05, 4.69) is 95.0 Å². The maximum atomic E-state index is 13.1. The van der Waals surface area contributed by atoms with E-state index in [-0.39, 0.29) is 0 Å². The van der Waals surface area contributed by atoms with Crippen molar-refractivity contribution in [1.29, 1.82) is 0 Å². The van der Waals surface area contributed by atoms with E-state index in [1.807, 2.05) is 0 Å². The van der Waals surface area contributed by atoms with Crippen LogP contribution in [-0.2, 0) is 38.5 Å². The maximum absolute atomic E-state index is 13.1. The van der Waals surface area contributed by atoms with Gasteiger partial charge in [0.15, 0.2) is 6.23 Å². The highest BCUT2D eigenvalue weighted by Gasteiger charge is 2.31. The van der Waals surface area contributed by atoms with Crippen molar-refractivity contribution in [3.63, 3.8) is 0 Å². The van der Waals surface area contributed by atoms with Crippen molar-refractivity contribution in [3.05, 3.63) is 71.3 Å². The first kappa shape index (κ1) is 52.0. The molecule has 344 valence electrons. The Bertz CT molecular complexity index is 1430. The number of unbranched alkanes of at least 4 members (excludes halogenated alkanes) is 13. The minimum absolute atomic E-state index is 0.392. The van der Waals surface area contributed by atoms with Gasteiger partial charge in [-0.2, -0.15) is 0 Å². The minimum Gasteiger partial charge on any atom is -0.480 e. The SMILES string of the molecule is CCCCCCCCC(C(=O)O)N1CCN(Cc2ccc(CCc3ccccc3)cc2)CCN(C(CCCCCC)OC=O)CCN(C(CCCCCCCC)C(=O)O)CC1. The van der Waals surface area contributed by atoms with Gasteiger partial charge in [-0.05, 0) is 55.2 Å². The first-order valence-corrected chi connectivity index (χ1v) is 24.4. The van der Waals surface area contributed by atoms with Crippen molar-refractivity contribution in [2.45, 2.75) is 180 Å². The number of benzene rings is 2. The second kappa shape index (κ2) is 32.4. The third-order valence-corrected chi connectivity index (χ3v) is 12.8. The zero-order valence-corrected chi connectivity index (χ0v) is 38.5. The highest BCUT2D eigenvalue weighted by molar-refractivity contribution is 5.74. The predicted octanol–water partition coefficient (Wildman–Crippen LogP) is 10.1. The van der Waals surface area contributed by atoms with Gasteiger partial charge in [-0.15, -0.1) is 0 Å². The third kappa shape index (κ3) is 21.6. The molecule has 2 N–H and O–H groups in total. The van der Waals surface area contributed by atoms with Crippen molar-refractivity contribution in [1.82, 2.24) is 19.6 Å². The Labute approximate surface area is 370 Å². The number of nitrogens with zero attached hydrogens (tertiary/aromatic N) is 4. The summed E-state index contributed by atoms with van der Waals surface area (Å²) in [7, 11) is 0. The highest BCUT2D eigenvalue weighted by atomic mass is 16.5. The van der Waals surface area contributed by atoms with E-state index in [9.17, 15) is 24.6 Å². The Hall–Kier alpha value is -3.31. The number of carboxylic acids is 2. The summed E-state index contributed by atoms with van der Waals surface area (Å²) in [5, 5.41) is 21.4. The molecule has 61 heavy (non-hydrogen) atoms. The molecular formula is C51H84N4O6. The summed E-state index contributed by atoms with van der Waals surface area (Å²) in [5.74, 6) is -1.62. The Morgan fingerprint density at radius 3 is 1.41 bits per heavy atom. The average molecular weight is 849 g/mol. The summed E-state index contributed by atoms with van der Waals surface area (Å²) in [4.78, 5) is 47.0. The first-order chi connectivity index (χ1) is 29.8. The van der Waals surface area contributed by atoms with Gasteiger partial charge in [-0.3, -0.25) is 34.0 Å². The van der Waals surface area contributed by atoms with Crippen LogP contribution in [0.3, 0.4) is 0 Å². The van der Waals surface area contributed by atoms with Crippen LogP contribution >= 0.6 is 0 Å². The maximum Gasteiger partial charge on any atom is 0.320 e. The molecule has 3 rings (SSSR count). The molecule has 3 atom stereocenters. The summed E-state index contributed by atoms with van der Waals surface area (Å²) < 4.78 is 5.82. The van der Waals surface area contributed by atoms with Crippen molar-refractivity contribution >= 4 is 18.4 Å². The summed E-state index contributed by atoms with van der Waals surface area (Å²) in [6.07, 6.45) is 20.8. The van der Waals surface area contributed by atoms with Gasteiger partial charge < -0.3 is 14.9 Å². The van der Waals surface area contributed by atoms with E-state index in [0.717, 1.165) is 90.0 Å². The second-order valence-corrected chi connectivity index (χ2v) is 17.5. The van der Waals surface area contributed by atoms with Gasteiger partial charge in [-0.1, -0.05) is 172 Å². The van der Waals surface area contributed by atoms with Crippen LogP contribution in [0.1, 0.15) is 159 Å². The van der Waals surface area contributed by atoms with Gasteiger partial charge in [0.05, 0.1) is 0 Å². The molecule has 0 saturated carbocycles. The van der Waals surface area contributed by atoms with Crippen molar-refractivity contribution in [2.24, 2.45) is 0 Å². The molecule has 2 aromatic carbocycles. The minimum atomic E-state index is -0.821. The van der Waals surface area contributed by atoms with Crippen LogP contribution in [0.2, 0.25) is 0 Å². The van der Waals surface area contributed by atoms with Crippen molar-refractivity contribution in [2.75, 3.05) is 52.4 Å². The third-order valence-electron chi connectivity index (χ3n) is 12.8. The molecule has 10 nitrogen and oxygen atoms in total. The number of carbonyl (C=O) groups excluding carboxylic acids is 1. The van der Waals surface area contributed by atoms with Crippen LogP contribution in [0.5, 0.6) is 0 Å². The fraction of sp³-hybridized carbons (Fsp3) is 0.706. The van der Waals surface area contributed by atoms with Gasteiger partial charge in [0.2, 0.25) is 0 Å². The fourth-order valence-corrected chi connectivity index (χ4v) is 8.88. The Morgan fingerprint density at radius 2 is 0.918 bits per heavy atom. The van der Waals surface area contributed by atoms with Crippen LogP contribution in [0, 0.1) is 0 Å². The van der Waals surface area contributed by atoms with E-state index in [1.54, 1.807) is 0 Å². The van der Waals surface area contributed by atoms with Crippen LogP contribution in [0.4, 0.5) is 0 Å². The molecule has 0 aliphatic carbocycles. The van der Waals surface area contributed by atoms with E-state index in [0.29, 0.717) is 71.7 Å². The van der Waals surface area contributed by atoms with Gasteiger partial charge in [0, 0.05) is 58.9 Å². The molecule has 0 radical (unpaired) electrons. The summed E-state index contributed by atoms with van der Waals surface area (Å²) >= 11 is 0. The molecule has 1 fully saturated rings. The lowest BCUT2D eigenvalue weighted by Crippen LogP contribution is -2.54. The van der Waals surface area contributed by atoms with Gasteiger partial charge in [-0.25, -0.2) is 0 Å². The van der Waals surface area contributed by atoms with E-state index < -0.39 is 30.3 Å². The quantitative estimate of drug-likeness (QED) is 0.0562. The standard InChI is InChI=1S/C51H84N4O6/c1-4-7-10-13-15-20-25-47(50(57)58)53-36-34-52(42-46-32-30-45(31-33-46)29-28-44-23-18-17-19-24-44)35-37-55(49(61-43-56)27-22-12-9-6-3)41-40-54(39-38-53)48(51(59)60)26-21-16-14-11-8-5-2/h17-19,23-24,30-33,43,47-49H,4-16,20-22,25-29,34-42H2,1-3H3,(H,57,58)(H,59,60). The van der Waals surface area contributed by atoms with Crippen molar-refractivity contribution < 1.29 is 29.3 Å². The van der Waals surface area contributed by atoms with E-state index in [4.69, 9.17) is 4.74 Å². The topological polar surface area (TPSA) is 114 Å².